The summed E-state index contributed by atoms with van der Waals surface area (Å²) in [7, 11) is 0. The molecule has 0 saturated heterocycles. The predicted octanol–water partition coefficient (Wildman–Crippen LogP) is 1.73. The van der Waals surface area contributed by atoms with Crippen molar-refractivity contribution < 1.29 is 24.2 Å². The second kappa shape index (κ2) is 8.38. The highest BCUT2D eigenvalue weighted by atomic mass is 16.6. The first-order valence-electron chi connectivity index (χ1n) is 7.53. The molecule has 2 aromatic rings. The van der Waals surface area contributed by atoms with Crippen LogP contribution in [0.1, 0.15) is 17.3 Å². The van der Waals surface area contributed by atoms with Crippen LogP contribution < -0.4 is 15.6 Å². The number of amides is 2. The second-order valence-electron chi connectivity index (χ2n) is 5.26. The van der Waals surface area contributed by atoms with Gasteiger partial charge in [0.1, 0.15) is 5.75 Å². The normalized spacial score (nSPS) is 11.1. The maximum Gasteiger partial charge on any atom is 0.279 e. The Hall–Kier alpha value is -4.02. The first kappa shape index (κ1) is 19.3. The average Bonchev–Trinajstić information content (AvgIpc) is 2.66. The van der Waals surface area contributed by atoms with Crippen molar-refractivity contribution in [3.8, 4) is 5.75 Å². The van der Waals surface area contributed by atoms with Gasteiger partial charge in [-0.25, -0.2) is 0 Å². The first-order valence-corrected chi connectivity index (χ1v) is 7.53. The molecule has 11 nitrogen and oxygen atoms in total. The quantitative estimate of drug-likeness (QED) is 0.576. The fourth-order valence-corrected chi connectivity index (χ4v) is 1.93. The molecular weight excluding hydrogens is 360 g/mol. The van der Waals surface area contributed by atoms with Crippen molar-refractivity contribution in [1.82, 2.24) is 10.9 Å². The van der Waals surface area contributed by atoms with E-state index >= 15 is 0 Å². The summed E-state index contributed by atoms with van der Waals surface area (Å²) in [6.07, 6.45) is -0.997. The van der Waals surface area contributed by atoms with Crippen molar-refractivity contribution in [1.29, 1.82) is 0 Å². The number of hydrogen-bond donors (Lipinski definition) is 2. The lowest BCUT2D eigenvalue weighted by atomic mass is 10.2. The number of carbonyl (C=O) groups is 2. The van der Waals surface area contributed by atoms with Gasteiger partial charge in [0.25, 0.3) is 23.2 Å². The number of non-ortho nitro benzene ring substituents is 2. The topological polar surface area (TPSA) is 154 Å². The number of rotatable bonds is 6. The van der Waals surface area contributed by atoms with E-state index in [9.17, 15) is 29.8 Å². The van der Waals surface area contributed by atoms with Gasteiger partial charge in [0.05, 0.1) is 9.85 Å². The van der Waals surface area contributed by atoms with Crippen molar-refractivity contribution in [2.75, 3.05) is 0 Å². The fourth-order valence-electron chi connectivity index (χ4n) is 1.93. The molecule has 1 unspecified atom stereocenters. The van der Waals surface area contributed by atoms with Crippen molar-refractivity contribution in [3.63, 3.8) is 0 Å². The van der Waals surface area contributed by atoms with Gasteiger partial charge in [-0.2, -0.15) is 0 Å². The van der Waals surface area contributed by atoms with Gasteiger partial charge in [-0.3, -0.25) is 40.7 Å². The van der Waals surface area contributed by atoms with Crippen LogP contribution in [0.25, 0.3) is 0 Å². The standard InChI is InChI=1S/C16H14N4O7/c1-10(27-14-8-6-13(7-9-14)20(25)26)15(21)17-18-16(22)11-2-4-12(5-3-11)19(23)24/h2-10H,1H3,(H,17,21)(H,18,22). The van der Waals surface area contributed by atoms with Crippen LogP contribution in [0.2, 0.25) is 0 Å². The molecule has 0 heterocycles. The van der Waals surface area contributed by atoms with Crippen LogP contribution in [0.3, 0.4) is 0 Å². The van der Waals surface area contributed by atoms with E-state index in [1.807, 2.05) is 0 Å². The maximum absolute atomic E-state index is 12.0. The van der Waals surface area contributed by atoms with Gasteiger partial charge in [-0.05, 0) is 31.2 Å². The molecule has 2 amide bonds. The number of nitro groups is 2. The summed E-state index contributed by atoms with van der Waals surface area (Å²) in [5.41, 5.74) is 4.16. The molecule has 2 rings (SSSR count). The molecule has 11 heteroatoms. The average molecular weight is 374 g/mol. The Morgan fingerprint density at radius 2 is 1.37 bits per heavy atom. The Morgan fingerprint density at radius 1 is 0.889 bits per heavy atom. The number of nitrogens with one attached hydrogen (secondary N) is 2. The molecule has 140 valence electrons. The van der Waals surface area contributed by atoms with Crippen molar-refractivity contribution in [3.05, 3.63) is 74.3 Å². The molecule has 2 aromatic carbocycles. The highest BCUT2D eigenvalue weighted by molar-refractivity contribution is 5.95. The predicted molar refractivity (Wildman–Crippen MR) is 91.9 cm³/mol. The number of hydrogen-bond acceptors (Lipinski definition) is 7. The molecule has 0 radical (unpaired) electrons. The summed E-state index contributed by atoms with van der Waals surface area (Å²) < 4.78 is 5.33. The largest absolute Gasteiger partial charge is 0.481 e. The molecule has 0 fully saturated rings. The van der Waals surface area contributed by atoms with Crippen molar-refractivity contribution in [2.45, 2.75) is 13.0 Å². The SMILES string of the molecule is CC(Oc1ccc([N+](=O)[O-])cc1)C(=O)NNC(=O)c1ccc([N+](=O)[O-])cc1. The number of carbonyl (C=O) groups excluding carboxylic acids is 2. The van der Waals surface area contributed by atoms with E-state index in [0.29, 0.717) is 0 Å². The molecule has 0 aliphatic carbocycles. The summed E-state index contributed by atoms with van der Waals surface area (Å²) >= 11 is 0. The zero-order chi connectivity index (χ0) is 20.0. The van der Waals surface area contributed by atoms with E-state index in [0.717, 1.165) is 12.1 Å². The highest BCUT2D eigenvalue weighted by Gasteiger charge is 2.17. The Labute approximate surface area is 152 Å². The number of nitro benzene ring substituents is 2. The monoisotopic (exact) mass is 374 g/mol. The van der Waals surface area contributed by atoms with E-state index in [1.54, 1.807) is 0 Å². The minimum Gasteiger partial charge on any atom is -0.481 e. The van der Waals surface area contributed by atoms with Crippen LogP contribution in [-0.2, 0) is 4.79 Å². The van der Waals surface area contributed by atoms with Crippen LogP contribution in [0, 0.1) is 20.2 Å². The summed E-state index contributed by atoms with van der Waals surface area (Å²) in [5, 5.41) is 21.2. The maximum atomic E-state index is 12.0. The lowest BCUT2D eigenvalue weighted by molar-refractivity contribution is -0.385. The Morgan fingerprint density at radius 3 is 1.85 bits per heavy atom. The lowest BCUT2D eigenvalue weighted by Crippen LogP contribution is -2.47. The first-order chi connectivity index (χ1) is 12.8. The molecule has 2 N–H and O–H groups in total. The zero-order valence-corrected chi connectivity index (χ0v) is 13.9. The van der Waals surface area contributed by atoms with Crippen molar-refractivity contribution >= 4 is 23.2 Å². The number of benzene rings is 2. The van der Waals surface area contributed by atoms with E-state index in [1.165, 1.54) is 43.3 Å². The van der Waals surface area contributed by atoms with Gasteiger partial charge in [0.15, 0.2) is 6.10 Å². The fraction of sp³-hybridized carbons (Fsp3) is 0.125. The van der Waals surface area contributed by atoms with Gasteiger partial charge >= 0.3 is 0 Å². The molecule has 0 aliphatic heterocycles. The number of nitrogens with zero attached hydrogens (tertiary/aromatic N) is 2. The second-order valence-corrected chi connectivity index (χ2v) is 5.26. The minimum atomic E-state index is -0.997. The van der Waals surface area contributed by atoms with Crippen LogP contribution in [0.4, 0.5) is 11.4 Å². The van der Waals surface area contributed by atoms with Crippen LogP contribution in [0.15, 0.2) is 48.5 Å². The minimum absolute atomic E-state index is 0.116. The third kappa shape index (κ3) is 5.22. The van der Waals surface area contributed by atoms with Crippen LogP contribution >= 0.6 is 0 Å². The highest BCUT2D eigenvalue weighted by Crippen LogP contribution is 2.18. The summed E-state index contributed by atoms with van der Waals surface area (Å²) in [6, 6.07) is 9.97. The third-order valence-corrected chi connectivity index (χ3v) is 3.37. The van der Waals surface area contributed by atoms with Gasteiger partial charge in [0, 0.05) is 29.8 Å². The zero-order valence-electron chi connectivity index (χ0n) is 13.9. The molecule has 0 aromatic heterocycles. The van der Waals surface area contributed by atoms with E-state index in [2.05, 4.69) is 10.9 Å². The summed E-state index contributed by atoms with van der Waals surface area (Å²) in [5.74, 6) is -1.09. The van der Waals surface area contributed by atoms with Gasteiger partial charge < -0.3 is 4.74 Å². The van der Waals surface area contributed by atoms with Crippen LogP contribution in [0.5, 0.6) is 5.75 Å². The Kier molecular flexibility index (Phi) is 5.99. The number of hydrazine groups is 1. The summed E-state index contributed by atoms with van der Waals surface area (Å²) in [6.45, 7) is 1.43. The molecular formula is C16H14N4O7. The Balaban J connectivity index is 1.87. The lowest BCUT2D eigenvalue weighted by Gasteiger charge is -2.15. The smallest absolute Gasteiger partial charge is 0.279 e. The van der Waals surface area contributed by atoms with Gasteiger partial charge in [-0.15, -0.1) is 0 Å². The molecule has 1 atom stereocenters. The Bertz CT molecular complexity index is 865. The molecule has 0 spiro atoms. The van der Waals surface area contributed by atoms with Crippen molar-refractivity contribution in [2.24, 2.45) is 0 Å². The summed E-state index contributed by atoms with van der Waals surface area (Å²) in [4.78, 5) is 43.9. The van der Waals surface area contributed by atoms with E-state index < -0.39 is 27.8 Å². The third-order valence-electron chi connectivity index (χ3n) is 3.37. The van der Waals surface area contributed by atoms with Crippen LogP contribution in [-0.4, -0.2) is 27.8 Å². The molecule has 27 heavy (non-hydrogen) atoms. The number of ether oxygens (including phenoxy) is 1. The molecule has 0 saturated carbocycles. The molecule has 0 aliphatic rings. The molecule has 0 bridgehead atoms. The van der Waals surface area contributed by atoms with Gasteiger partial charge in [-0.1, -0.05) is 0 Å². The van der Waals surface area contributed by atoms with E-state index in [4.69, 9.17) is 4.74 Å². The van der Waals surface area contributed by atoms with E-state index in [-0.39, 0.29) is 22.7 Å². The van der Waals surface area contributed by atoms with Gasteiger partial charge in [0.2, 0.25) is 0 Å².